The molecule has 4 heteroatoms. The number of benzene rings is 1. The largest absolute Gasteiger partial charge is 0.427 e. The van der Waals surface area contributed by atoms with Crippen molar-refractivity contribution >= 4 is 5.97 Å². The molecule has 1 atom stereocenters. The summed E-state index contributed by atoms with van der Waals surface area (Å²) in [4.78, 5) is 13.7. The minimum absolute atomic E-state index is 0.260. The van der Waals surface area contributed by atoms with E-state index in [1.807, 2.05) is 12.1 Å². The van der Waals surface area contributed by atoms with Crippen LogP contribution < -0.4 is 10.1 Å². The molecule has 1 aliphatic carbocycles. The minimum Gasteiger partial charge on any atom is -0.427 e. The van der Waals surface area contributed by atoms with Crippen molar-refractivity contribution in [3.63, 3.8) is 0 Å². The first-order chi connectivity index (χ1) is 11.2. The topological polar surface area (TPSA) is 41.6 Å². The normalized spacial score (nSPS) is 21.8. The van der Waals surface area contributed by atoms with E-state index in [4.69, 9.17) is 4.74 Å². The van der Waals surface area contributed by atoms with E-state index >= 15 is 0 Å². The Hall–Kier alpha value is -1.39. The highest BCUT2D eigenvalue weighted by Crippen LogP contribution is 2.38. The van der Waals surface area contributed by atoms with Crippen LogP contribution in [0.3, 0.4) is 0 Å². The van der Waals surface area contributed by atoms with Gasteiger partial charge in [-0.15, -0.1) is 0 Å². The Morgan fingerprint density at radius 3 is 2.39 bits per heavy atom. The van der Waals surface area contributed by atoms with E-state index in [1.165, 1.54) is 44.6 Å². The number of nitrogens with zero attached hydrogens (tertiary/aromatic N) is 1. The fraction of sp³-hybridized carbons (Fsp3) is 0.632. The van der Waals surface area contributed by atoms with Gasteiger partial charge in [0.05, 0.1) is 0 Å². The summed E-state index contributed by atoms with van der Waals surface area (Å²) in [5.41, 5.74) is 1.37. The molecular weight excluding hydrogens is 288 g/mol. The van der Waals surface area contributed by atoms with Crippen molar-refractivity contribution in [3.8, 4) is 5.75 Å². The molecule has 0 bridgehead atoms. The average Bonchev–Trinajstić information content (AvgIpc) is 2.58. The number of rotatable bonds is 4. The Bertz CT molecular complexity index is 485. The van der Waals surface area contributed by atoms with Crippen LogP contribution >= 0.6 is 0 Å². The molecule has 1 saturated heterocycles. The maximum absolute atomic E-state index is 11.1. The van der Waals surface area contributed by atoms with Gasteiger partial charge in [0.25, 0.3) is 0 Å². The van der Waals surface area contributed by atoms with Gasteiger partial charge in [0.1, 0.15) is 5.75 Å². The third kappa shape index (κ3) is 4.33. The van der Waals surface area contributed by atoms with E-state index in [0.29, 0.717) is 11.8 Å². The zero-order chi connectivity index (χ0) is 16.1. The van der Waals surface area contributed by atoms with Gasteiger partial charge in [-0.25, -0.2) is 0 Å². The fourth-order valence-electron chi connectivity index (χ4n) is 4.09. The van der Waals surface area contributed by atoms with E-state index in [1.54, 1.807) is 0 Å². The van der Waals surface area contributed by atoms with Crippen molar-refractivity contribution in [2.45, 2.75) is 45.1 Å². The van der Waals surface area contributed by atoms with Crippen molar-refractivity contribution in [2.75, 3.05) is 26.2 Å². The summed E-state index contributed by atoms with van der Waals surface area (Å²) in [6, 6.07) is 8.69. The van der Waals surface area contributed by atoms with E-state index in [0.717, 1.165) is 32.1 Å². The number of hydrogen-bond donors (Lipinski definition) is 1. The van der Waals surface area contributed by atoms with Crippen molar-refractivity contribution < 1.29 is 9.53 Å². The molecule has 1 N–H and O–H groups in total. The van der Waals surface area contributed by atoms with E-state index in [9.17, 15) is 4.79 Å². The Labute approximate surface area is 139 Å². The molecule has 1 aromatic rings. The number of nitrogens with one attached hydrogen (secondary N) is 1. The van der Waals surface area contributed by atoms with Crippen molar-refractivity contribution in [3.05, 3.63) is 29.8 Å². The highest BCUT2D eigenvalue weighted by Gasteiger charge is 2.30. The lowest BCUT2D eigenvalue weighted by molar-refractivity contribution is -0.131. The van der Waals surface area contributed by atoms with Crippen LogP contribution in [0, 0.1) is 5.92 Å². The van der Waals surface area contributed by atoms with Crippen LogP contribution in [0.2, 0.25) is 0 Å². The molecule has 126 valence electrons. The highest BCUT2D eigenvalue weighted by molar-refractivity contribution is 5.69. The summed E-state index contributed by atoms with van der Waals surface area (Å²) in [6.07, 6.45) is 6.77. The molecule has 1 heterocycles. The first kappa shape index (κ1) is 16.5. The van der Waals surface area contributed by atoms with Crippen LogP contribution in [0.1, 0.15) is 50.6 Å². The van der Waals surface area contributed by atoms with Crippen LogP contribution in [-0.4, -0.2) is 37.0 Å². The maximum Gasteiger partial charge on any atom is 0.308 e. The molecule has 1 aromatic carbocycles. The zero-order valence-corrected chi connectivity index (χ0v) is 14.1. The molecule has 0 amide bonds. The Balaban J connectivity index is 1.79. The summed E-state index contributed by atoms with van der Waals surface area (Å²) in [5.74, 6) is 1.13. The molecule has 1 aliphatic heterocycles. The third-order valence-corrected chi connectivity index (χ3v) is 5.12. The Morgan fingerprint density at radius 2 is 1.78 bits per heavy atom. The van der Waals surface area contributed by atoms with Crippen LogP contribution in [0.4, 0.5) is 0 Å². The molecule has 2 aliphatic rings. The van der Waals surface area contributed by atoms with E-state index in [2.05, 4.69) is 22.3 Å². The predicted molar refractivity (Wildman–Crippen MR) is 91.5 cm³/mol. The van der Waals surface area contributed by atoms with Crippen LogP contribution in [0.15, 0.2) is 24.3 Å². The second-order valence-corrected chi connectivity index (χ2v) is 6.79. The smallest absolute Gasteiger partial charge is 0.308 e. The van der Waals surface area contributed by atoms with Crippen LogP contribution in [0.25, 0.3) is 0 Å². The molecule has 2 fully saturated rings. The Kier molecular flexibility index (Phi) is 5.68. The average molecular weight is 316 g/mol. The summed E-state index contributed by atoms with van der Waals surface area (Å²) < 4.78 is 5.18. The number of piperazine rings is 1. The molecule has 0 aromatic heterocycles. The number of ether oxygens (including phenoxy) is 1. The molecule has 1 saturated carbocycles. The molecular formula is C19H28N2O2. The molecule has 23 heavy (non-hydrogen) atoms. The quantitative estimate of drug-likeness (QED) is 0.684. The summed E-state index contributed by atoms with van der Waals surface area (Å²) in [5, 5.41) is 3.46. The lowest BCUT2D eigenvalue weighted by atomic mass is 9.80. The summed E-state index contributed by atoms with van der Waals surface area (Å²) in [6.45, 7) is 5.84. The molecule has 3 rings (SSSR count). The Morgan fingerprint density at radius 1 is 1.13 bits per heavy atom. The van der Waals surface area contributed by atoms with Gasteiger partial charge in [-0.2, -0.15) is 0 Å². The SMILES string of the molecule is CC(=O)Oc1ccc([C@@H](C2CCCCC2)N2CCNCC2)cc1. The lowest BCUT2D eigenvalue weighted by Crippen LogP contribution is -2.47. The minimum atomic E-state index is -0.260. The van der Waals surface area contributed by atoms with Gasteiger partial charge in [-0.1, -0.05) is 31.4 Å². The molecule has 0 radical (unpaired) electrons. The van der Waals surface area contributed by atoms with Gasteiger partial charge in [-0.05, 0) is 36.5 Å². The molecule has 4 nitrogen and oxygen atoms in total. The van der Waals surface area contributed by atoms with Gasteiger partial charge in [0.15, 0.2) is 0 Å². The predicted octanol–water partition coefficient (Wildman–Crippen LogP) is 3.14. The highest BCUT2D eigenvalue weighted by atomic mass is 16.5. The monoisotopic (exact) mass is 316 g/mol. The summed E-state index contributed by atoms with van der Waals surface area (Å²) in [7, 11) is 0. The zero-order valence-electron chi connectivity index (χ0n) is 14.1. The first-order valence-corrected chi connectivity index (χ1v) is 8.97. The van der Waals surface area contributed by atoms with Gasteiger partial charge >= 0.3 is 5.97 Å². The number of esters is 1. The second-order valence-electron chi connectivity index (χ2n) is 6.79. The van der Waals surface area contributed by atoms with E-state index < -0.39 is 0 Å². The van der Waals surface area contributed by atoms with Gasteiger partial charge in [0, 0.05) is 39.1 Å². The summed E-state index contributed by atoms with van der Waals surface area (Å²) >= 11 is 0. The number of hydrogen-bond acceptors (Lipinski definition) is 4. The van der Waals surface area contributed by atoms with Gasteiger partial charge in [0.2, 0.25) is 0 Å². The van der Waals surface area contributed by atoms with Gasteiger partial charge in [-0.3, -0.25) is 9.69 Å². The maximum atomic E-state index is 11.1. The molecule has 0 unspecified atom stereocenters. The third-order valence-electron chi connectivity index (χ3n) is 5.12. The fourth-order valence-corrected chi connectivity index (χ4v) is 4.09. The van der Waals surface area contributed by atoms with Crippen molar-refractivity contribution in [1.29, 1.82) is 0 Å². The van der Waals surface area contributed by atoms with Crippen LogP contribution in [0.5, 0.6) is 5.75 Å². The number of carbonyl (C=O) groups excluding carboxylic acids is 1. The second kappa shape index (κ2) is 7.93. The lowest BCUT2D eigenvalue weighted by Gasteiger charge is -2.41. The molecule has 0 spiro atoms. The van der Waals surface area contributed by atoms with Crippen molar-refractivity contribution in [2.24, 2.45) is 5.92 Å². The van der Waals surface area contributed by atoms with E-state index in [-0.39, 0.29) is 5.97 Å². The first-order valence-electron chi connectivity index (χ1n) is 8.97. The number of carbonyl (C=O) groups is 1. The van der Waals surface area contributed by atoms with Crippen LogP contribution in [-0.2, 0) is 4.79 Å². The standard InChI is InChI=1S/C19H28N2O2/c1-15(22)23-18-9-7-17(8-10-18)19(16-5-3-2-4-6-16)21-13-11-20-12-14-21/h7-10,16,19-20H,2-6,11-14H2,1H3/t19-/m1/s1. The van der Waals surface area contributed by atoms with Gasteiger partial charge < -0.3 is 10.1 Å². The van der Waals surface area contributed by atoms with Crippen molar-refractivity contribution in [1.82, 2.24) is 10.2 Å².